The van der Waals surface area contributed by atoms with Crippen LogP contribution >= 0.6 is 59.4 Å². The highest BCUT2D eigenvalue weighted by molar-refractivity contribution is 9.11. The molecule has 0 spiro atoms. The van der Waals surface area contributed by atoms with E-state index in [9.17, 15) is 4.79 Å². The molecule has 0 N–H and O–H groups in total. The highest BCUT2D eigenvalue weighted by atomic mass is 79.9. The number of benzene rings is 1. The van der Waals surface area contributed by atoms with Crippen LogP contribution in [0.25, 0.3) is 0 Å². The van der Waals surface area contributed by atoms with Gasteiger partial charge in [-0.25, -0.2) is 0 Å². The van der Waals surface area contributed by atoms with Crippen LogP contribution in [-0.4, -0.2) is 11.1 Å². The number of ketones is 1. The molecule has 1 aromatic rings. The van der Waals surface area contributed by atoms with Crippen LogP contribution in [0.1, 0.15) is 10.4 Å². The second-order valence-corrected chi connectivity index (χ2v) is 5.01. The molecule has 5 heteroatoms. The lowest BCUT2D eigenvalue weighted by Crippen LogP contribution is -2.01. The molecule has 0 unspecified atom stereocenters. The molecule has 0 heterocycles. The highest BCUT2D eigenvalue weighted by Crippen LogP contribution is 2.30. The number of hydrogen-bond donors (Lipinski definition) is 0. The van der Waals surface area contributed by atoms with Crippen LogP contribution in [0.3, 0.4) is 0 Å². The summed E-state index contributed by atoms with van der Waals surface area (Å²) in [6, 6.07) is 3.50. The number of hydrogen-bond acceptors (Lipinski definition) is 1. The third-order valence-electron chi connectivity index (χ3n) is 1.41. The van der Waals surface area contributed by atoms with Crippen molar-refractivity contribution in [3.63, 3.8) is 0 Å². The summed E-state index contributed by atoms with van der Waals surface area (Å²) >= 11 is 15.6. The van der Waals surface area contributed by atoms with Gasteiger partial charge in [-0.2, -0.15) is 0 Å². The van der Waals surface area contributed by atoms with Crippen molar-refractivity contribution in [1.29, 1.82) is 0 Å². The van der Waals surface area contributed by atoms with Crippen LogP contribution in [0, 0.1) is 0 Å². The summed E-state index contributed by atoms with van der Waals surface area (Å²) in [6.45, 7) is 0. The minimum atomic E-state index is -0.0352. The first-order chi connectivity index (χ1) is 6.06. The summed E-state index contributed by atoms with van der Waals surface area (Å²) in [6.07, 6.45) is 0. The van der Waals surface area contributed by atoms with Crippen LogP contribution in [0.5, 0.6) is 0 Å². The first-order valence-corrected chi connectivity index (χ1v) is 6.38. The van der Waals surface area contributed by atoms with Gasteiger partial charge in [0.25, 0.3) is 0 Å². The van der Waals surface area contributed by atoms with E-state index in [1.54, 1.807) is 12.1 Å². The normalized spacial score (nSPS) is 10.2. The summed E-state index contributed by atoms with van der Waals surface area (Å²) in [5.74, 6) is -0.0352. The molecular weight excluding hydrogens is 387 g/mol. The molecule has 0 radical (unpaired) electrons. The Labute approximate surface area is 106 Å². The van der Waals surface area contributed by atoms with E-state index in [2.05, 4.69) is 47.8 Å². The Balaban J connectivity index is 3.28. The lowest BCUT2D eigenvalue weighted by atomic mass is 10.1. The van der Waals surface area contributed by atoms with E-state index in [4.69, 9.17) is 11.6 Å². The second-order valence-electron chi connectivity index (χ2n) is 2.31. The van der Waals surface area contributed by atoms with Crippen molar-refractivity contribution in [2.24, 2.45) is 0 Å². The summed E-state index contributed by atoms with van der Waals surface area (Å²) < 4.78 is 1.54. The van der Waals surface area contributed by atoms with Crippen LogP contribution in [0.4, 0.5) is 0 Å². The van der Waals surface area contributed by atoms with Crippen molar-refractivity contribution in [2.75, 3.05) is 5.33 Å². The molecule has 0 aliphatic heterocycles. The first kappa shape index (κ1) is 11.7. The molecule has 0 bridgehead atoms. The van der Waals surface area contributed by atoms with E-state index >= 15 is 0 Å². The fourth-order valence-corrected chi connectivity index (χ4v) is 2.57. The fraction of sp³-hybridized carbons (Fsp3) is 0.125. The Morgan fingerprint density at radius 1 is 1.38 bits per heavy atom. The average molecular weight is 391 g/mol. The molecule has 13 heavy (non-hydrogen) atoms. The number of alkyl halides is 1. The third kappa shape index (κ3) is 2.78. The standard InChI is InChI=1S/C8H4Br3ClO/c9-3-7(13)5-1-4(10)2-6(11)8(5)12/h1-2H,3H2. The van der Waals surface area contributed by atoms with Gasteiger partial charge in [0, 0.05) is 14.5 Å². The molecule has 0 aliphatic rings. The van der Waals surface area contributed by atoms with Crippen molar-refractivity contribution < 1.29 is 4.79 Å². The van der Waals surface area contributed by atoms with Gasteiger partial charge in [0.2, 0.25) is 0 Å². The van der Waals surface area contributed by atoms with E-state index in [0.29, 0.717) is 15.1 Å². The van der Waals surface area contributed by atoms with E-state index in [1.807, 2.05) is 0 Å². The van der Waals surface area contributed by atoms with E-state index in [0.717, 1.165) is 4.47 Å². The Morgan fingerprint density at radius 3 is 2.54 bits per heavy atom. The second kappa shape index (κ2) is 4.91. The maximum atomic E-state index is 11.4. The van der Waals surface area contributed by atoms with Crippen molar-refractivity contribution in [3.05, 3.63) is 31.7 Å². The van der Waals surface area contributed by atoms with E-state index in [1.165, 1.54) is 0 Å². The van der Waals surface area contributed by atoms with Crippen molar-refractivity contribution in [2.45, 2.75) is 0 Å². The maximum Gasteiger partial charge on any atom is 0.174 e. The molecule has 1 rings (SSSR count). The molecule has 0 amide bonds. The first-order valence-electron chi connectivity index (χ1n) is 3.30. The molecule has 0 fully saturated rings. The monoisotopic (exact) mass is 388 g/mol. The zero-order chi connectivity index (χ0) is 10.0. The predicted octanol–water partition coefficient (Wildman–Crippen LogP) is 4.44. The fourth-order valence-electron chi connectivity index (χ4n) is 0.831. The van der Waals surface area contributed by atoms with Crippen LogP contribution in [0.2, 0.25) is 5.02 Å². The van der Waals surface area contributed by atoms with Crippen LogP contribution in [0.15, 0.2) is 21.1 Å². The Morgan fingerprint density at radius 2 is 2.00 bits per heavy atom. The highest BCUT2D eigenvalue weighted by Gasteiger charge is 2.12. The minimum absolute atomic E-state index is 0.0352. The summed E-state index contributed by atoms with van der Waals surface area (Å²) in [7, 11) is 0. The summed E-state index contributed by atoms with van der Waals surface area (Å²) in [5.41, 5.74) is 0.514. The quantitative estimate of drug-likeness (QED) is 0.414. The van der Waals surface area contributed by atoms with Gasteiger partial charge < -0.3 is 0 Å². The van der Waals surface area contributed by atoms with Gasteiger partial charge in [0.05, 0.1) is 10.4 Å². The Hall–Kier alpha value is 0.620. The number of rotatable bonds is 2. The summed E-state index contributed by atoms with van der Waals surface area (Å²) in [4.78, 5) is 11.4. The zero-order valence-corrected chi connectivity index (χ0v) is 11.8. The average Bonchev–Trinajstić information content (AvgIpc) is 2.10. The van der Waals surface area contributed by atoms with Gasteiger partial charge in [0.15, 0.2) is 5.78 Å². The smallest absolute Gasteiger partial charge is 0.174 e. The van der Waals surface area contributed by atoms with Gasteiger partial charge in [-0.15, -0.1) is 0 Å². The Bertz CT molecular complexity index is 351. The molecule has 0 aromatic heterocycles. The van der Waals surface area contributed by atoms with Crippen LogP contribution < -0.4 is 0 Å². The topological polar surface area (TPSA) is 17.1 Å². The lowest BCUT2D eigenvalue weighted by Gasteiger charge is -2.04. The van der Waals surface area contributed by atoms with Gasteiger partial charge in [0.1, 0.15) is 0 Å². The molecule has 1 nitrogen and oxygen atoms in total. The number of Topliss-reactive ketones (excluding diaryl/α,β-unsaturated/α-hetero) is 1. The van der Waals surface area contributed by atoms with Gasteiger partial charge in [-0.3, -0.25) is 4.79 Å². The van der Waals surface area contributed by atoms with Gasteiger partial charge in [-0.05, 0) is 28.1 Å². The molecular formula is C8H4Br3ClO. The lowest BCUT2D eigenvalue weighted by molar-refractivity contribution is 0.102. The largest absolute Gasteiger partial charge is 0.293 e. The van der Waals surface area contributed by atoms with Gasteiger partial charge in [-0.1, -0.05) is 43.5 Å². The zero-order valence-electron chi connectivity index (χ0n) is 6.28. The number of halogens is 4. The third-order valence-corrected chi connectivity index (χ3v) is 3.64. The minimum Gasteiger partial charge on any atom is -0.293 e. The van der Waals surface area contributed by atoms with E-state index < -0.39 is 0 Å². The SMILES string of the molecule is O=C(CBr)c1cc(Br)cc(Br)c1Cl. The van der Waals surface area contributed by atoms with Crippen molar-refractivity contribution in [3.8, 4) is 0 Å². The number of carbonyl (C=O) groups is 1. The molecule has 0 saturated carbocycles. The predicted molar refractivity (Wildman–Crippen MR) is 65.0 cm³/mol. The Kier molecular flexibility index (Phi) is 4.42. The van der Waals surface area contributed by atoms with E-state index in [-0.39, 0.29) is 11.1 Å². The molecule has 0 saturated heterocycles. The molecule has 0 atom stereocenters. The molecule has 70 valence electrons. The van der Waals surface area contributed by atoms with Crippen molar-refractivity contribution in [1.82, 2.24) is 0 Å². The summed E-state index contributed by atoms with van der Waals surface area (Å²) in [5, 5.41) is 0.725. The van der Waals surface area contributed by atoms with Crippen LogP contribution in [-0.2, 0) is 0 Å². The van der Waals surface area contributed by atoms with Crippen molar-refractivity contribution >= 4 is 65.2 Å². The molecule has 0 aliphatic carbocycles. The van der Waals surface area contributed by atoms with Gasteiger partial charge >= 0.3 is 0 Å². The molecule has 1 aromatic carbocycles. The maximum absolute atomic E-state index is 11.4. The number of carbonyl (C=O) groups excluding carboxylic acids is 1.